The highest BCUT2D eigenvalue weighted by molar-refractivity contribution is 5.29. The molecule has 2 heteroatoms. The number of ether oxygens (including phenoxy) is 1. The Bertz CT molecular complexity index is 297. The molecular weight excluding hydrogens is 186 g/mol. The van der Waals surface area contributed by atoms with E-state index in [-0.39, 0.29) is 0 Å². The van der Waals surface area contributed by atoms with Crippen molar-refractivity contribution in [3.8, 4) is 0 Å². The van der Waals surface area contributed by atoms with E-state index in [0.29, 0.717) is 0 Å². The lowest BCUT2D eigenvalue weighted by Gasteiger charge is -2.07. The minimum absolute atomic E-state index is 0.732. The zero-order chi connectivity index (χ0) is 11.1. The van der Waals surface area contributed by atoms with E-state index in [0.717, 1.165) is 26.2 Å². The van der Waals surface area contributed by atoms with Crippen molar-refractivity contribution in [3.63, 3.8) is 0 Å². The van der Waals surface area contributed by atoms with Crippen molar-refractivity contribution < 1.29 is 4.74 Å². The van der Waals surface area contributed by atoms with Crippen molar-refractivity contribution >= 4 is 0 Å². The van der Waals surface area contributed by atoms with Crippen LogP contribution in [0.5, 0.6) is 0 Å². The molecule has 0 fully saturated rings. The zero-order valence-corrected chi connectivity index (χ0v) is 9.97. The van der Waals surface area contributed by atoms with Crippen LogP contribution in [0, 0.1) is 13.8 Å². The summed E-state index contributed by atoms with van der Waals surface area (Å²) in [4.78, 5) is 0. The lowest BCUT2D eigenvalue weighted by atomic mass is 10.1. The molecule has 0 aromatic heterocycles. The van der Waals surface area contributed by atoms with Gasteiger partial charge >= 0.3 is 0 Å². The van der Waals surface area contributed by atoms with E-state index in [9.17, 15) is 0 Å². The second kappa shape index (κ2) is 6.59. The minimum Gasteiger partial charge on any atom is -0.377 e. The quantitative estimate of drug-likeness (QED) is 0.723. The maximum absolute atomic E-state index is 5.60. The Morgan fingerprint density at radius 3 is 2.73 bits per heavy atom. The van der Waals surface area contributed by atoms with Crippen molar-refractivity contribution in [1.82, 2.24) is 5.32 Å². The van der Waals surface area contributed by atoms with Crippen LogP contribution in [-0.2, 0) is 11.3 Å². The van der Waals surface area contributed by atoms with Crippen LogP contribution < -0.4 is 5.32 Å². The molecule has 0 saturated heterocycles. The summed E-state index contributed by atoms with van der Waals surface area (Å²) in [6.07, 6.45) is 1.07. The second-order valence-electron chi connectivity index (χ2n) is 3.94. The van der Waals surface area contributed by atoms with Gasteiger partial charge in [-0.1, -0.05) is 23.8 Å². The largest absolute Gasteiger partial charge is 0.377 e. The first-order valence-corrected chi connectivity index (χ1v) is 5.52. The van der Waals surface area contributed by atoms with Gasteiger partial charge in [-0.15, -0.1) is 0 Å². The summed E-state index contributed by atoms with van der Waals surface area (Å²) in [6.45, 7) is 6.83. The van der Waals surface area contributed by atoms with Crippen LogP contribution in [-0.4, -0.2) is 20.2 Å². The summed E-state index contributed by atoms with van der Waals surface area (Å²) in [6, 6.07) is 6.49. The molecule has 84 valence electrons. The van der Waals surface area contributed by atoms with Crippen molar-refractivity contribution in [2.45, 2.75) is 26.9 Å². The van der Waals surface area contributed by atoms with E-state index in [4.69, 9.17) is 4.74 Å². The standard InChI is InChI=1S/C13H21NO/c1-11-5-6-13(12(2)9-11)10-15-8-4-7-14-3/h5-6,9,14H,4,7-8,10H2,1-3H3. The molecular formula is C13H21NO. The number of rotatable bonds is 6. The molecule has 0 radical (unpaired) electrons. The van der Waals surface area contributed by atoms with Crippen LogP contribution in [0.3, 0.4) is 0 Å². The average Bonchev–Trinajstić information content (AvgIpc) is 2.20. The first-order chi connectivity index (χ1) is 7.24. The Kier molecular flexibility index (Phi) is 5.37. The van der Waals surface area contributed by atoms with Gasteiger partial charge in [-0.25, -0.2) is 0 Å². The molecule has 0 aliphatic rings. The Morgan fingerprint density at radius 1 is 1.27 bits per heavy atom. The molecule has 0 heterocycles. The molecule has 15 heavy (non-hydrogen) atoms. The topological polar surface area (TPSA) is 21.3 Å². The highest BCUT2D eigenvalue weighted by atomic mass is 16.5. The summed E-state index contributed by atoms with van der Waals surface area (Å²) < 4.78 is 5.60. The number of aryl methyl sites for hydroxylation is 2. The maximum atomic E-state index is 5.60. The van der Waals surface area contributed by atoms with Crippen molar-refractivity contribution in [2.24, 2.45) is 0 Å². The minimum atomic E-state index is 0.732. The van der Waals surface area contributed by atoms with Crippen LogP contribution in [0.1, 0.15) is 23.1 Å². The van der Waals surface area contributed by atoms with Crippen molar-refractivity contribution in [2.75, 3.05) is 20.2 Å². The van der Waals surface area contributed by atoms with Crippen LogP contribution in [0.4, 0.5) is 0 Å². The van der Waals surface area contributed by atoms with Gasteiger partial charge in [0, 0.05) is 6.61 Å². The van der Waals surface area contributed by atoms with Crippen LogP contribution in [0.2, 0.25) is 0 Å². The molecule has 1 rings (SSSR count). The van der Waals surface area contributed by atoms with Gasteiger partial charge in [0.25, 0.3) is 0 Å². The predicted molar refractivity (Wildman–Crippen MR) is 64.1 cm³/mol. The summed E-state index contributed by atoms with van der Waals surface area (Å²) in [7, 11) is 1.96. The van der Waals surface area contributed by atoms with Crippen molar-refractivity contribution in [3.05, 3.63) is 34.9 Å². The van der Waals surface area contributed by atoms with Crippen LogP contribution in [0.15, 0.2) is 18.2 Å². The van der Waals surface area contributed by atoms with Gasteiger partial charge in [-0.05, 0) is 45.0 Å². The third kappa shape index (κ3) is 4.45. The molecule has 0 aliphatic heterocycles. The van der Waals surface area contributed by atoms with E-state index in [1.807, 2.05) is 7.05 Å². The molecule has 0 bridgehead atoms. The fourth-order valence-electron chi connectivity index (χ4n) is 1.54. The Labute approximate surface area is 92.6 Å². The predicted octanol–water partition coefficient (Wildman–Crippen LogP) is 2.43. The van der Waals surface area contributed by atoms with Gasteiger partial charge in [0.1, 0.15) is 0 Å². The molecule has 2 nitrogen and oxygen atoms in total. The highest BCUT2D eigenvalue weighted by Gasteiger charge is 1.98. The van der Waals surface area contributed by atoms with Gasteiger partial charge < -0.3 is 10.1 Å². The maximum Gasteiger partial charge on any atom is 0.0719 e. The van der Waals surface area contributed by atoms with E-state index in [2.05, 4.69) is 37.4 Å². The molecule has 0 spiro atoms. The number of benzene rings is 1. The molecule has 0 aliphatic carbocycles. The van der Waals surface area contributed by atoms with Gasteiger partial charge in [0.15, 0.2) is 0 Å². The fourth-order valence-corrected chi connectivity index (χ4v) is 1.54. The third-order valence-corrected chi connectivity index (χ3v) is 2.47. The van der Waals surface area contributed by atoms with Gasteiger partial charge in [-0.3, -0.25) is 0 Å². The lowest BCUT2D eigenvalue weighted by Crippen LogP contribution is -2.10. The molecule has 1 N–H and O–H groups in total. The number of nitrogens with one attached hydrogen (secondary N) is 1. The summed E-state index contributed by atoms with van der Waals surface area (Å²) in [5, 5.41) is 3.11. The highest BCUT2D eigenvalue weighted by Crippen LogP contribution is 2.11. The first-order valence-electron chi connectivity index (χ1n) is 5.52. The summed E-state index contributed by atoms with van der Waals surface area (Å²) in [5.74, 6) is 0. The molecule has 1 aromatic carbocycles. The normalized spacial score (nSPS) is 10.6. The van der Waals surface area contributed by atoms with E-state index >= 15 is 0 Å². The Morgan fingerprint density at radius 2 is 2.07 bits per heavy atom. The van der Waals surface area contributed by atoms with Crippen LogP contribution >= 0.6 is 0 Å². The van der Waals surface area contributed by atoms with E-state index < -0.39 is 0 Å². The Hall–Kier alpha value is -0.860. The molecule has 0 atom stereocenters. The third-order valence-electron chi connectivity index (χ3n) is 2.47. The molecule has 0 amide bonds. The van der Waals surface area contributed by atoms with Gasteiger partial charge in [0.2, 0.25) is 0 Å². The SMILES string of the molecule is CNCCCOCc1ccc(C)cc1C. The number of hydrogen-bond acceptors (Lipinski definition) is 2. The van der Waals surface area contributed by atoms with Crippen LogP contribution in [0.25, 0.3) is 0 Å². The lowest BCUT2D eigenvalue weighted by molar-refractivity contribution is 0.118. The monoisotopic (exact) mass is 207 g/mol. The van der Waals surface area contributed by atoms with Gasteiger partial charge in [-0.2, -0.15) is 0 Å². The smallest absolute Gasteiger partial charge is 0.0719 e. The fraction of sp³-hybridized carbons (Fsp3) is 0.538. The Balaban J connectivity index is 2.31. The first kappa shape index (κ1) is 12.2. The van der Waals surface area contributed by atoms with E-state index in [1.165, 1.54) is 16.7 Å². The van der Waals surface area contributed by atoms with E-state index in [1.54, 1.807) is 0 Å². The second-order valence-corrected chi connectivity index (χ2v) is 3.94. The molecule has 1 aromatic rings. The van der Waals surface area contributed by atoms with Gasteiger partial charge in [0.05, 0.1) is 6.61 Å². The van der Waals surface area contributed by atoms with Crippen molar-refractivity contribution in [1.29, 1.82) is 0 Å². The summed E-state index contributed by atoms with van der Waals surface area (Å²) in [5.41, 5.74) is 3.93. The number of hydrogen-bond donors (Lipinski definition) is 1. The summed E-state index contributed by atoms with van der Waals surface area (Å²) >= 11 is 0. The zero-order valence-electron chi connectivity index (χ0n) is 9.97. The molecule has 0 unspecified atom stereocenters. The average molecular weight is 207 g/mol. The molecule has 0 saturated carbocycles.